The third-order valence-electron chi connectivity index (χ3n) is 2.19. The van der Waals surface area contributed by atoms with E-state index >= 15 is 0 Å². The summed E-state index contributed by atoms with van der Waals surface area (Å²) in [4.78, 5) is 15.4. The highest BCUT2D eigenvalue weighted by Gasteiger charge is 2.09. The highest BCUT2D eigenvalue weighted by atomic mass is 16.3. The molecule has 0 radical (unpaired) electrons. The van der Waals surface area contributed by atoms with E-state index in [1.165, 1.54) is 0 Å². The lowest BCUT2D eigenvalue weighted by atomic mass is 10.1. The monoisotopic (exact) mass is 208 g/mol. The van der Waals surface area contributed by atoms with Crippen molar-refractivity contribution in [3.05, 3.63) is 30.1 Å². The molecule has 1 aromatic rings. The van der Waals surface area contributed by atoms with Gasteiger partial charge in [0.15, 0.2) is 0 Å². The van der Waals surface area contributed by atoms with E-state index in [9.17, 15) is 4.79 Å². The Bertz CT molecular complexity index is 297. The van der Waals surface area contributed by atoms with Gasteiger partial charge in [-0.05, 0) is 24.1 Å². The van der Waals surface area contributed by atoms with Crippen molar-refractivity contribution in [2.45, 2.75) is 25.8 Å². The number of rotatable bonds is 5. The summed E-state index contributed by atoms with van der Waals surface area (Å²) in [6, 6.07) is 3.47. The van der Waals surface area contributed by atoms with Gasteiger partial charge in [-0.2, -0.15) is 0 Å². The van der Waals surface area contributed by atoms with E-state index in [4.69, 9.17) is 5.11 Å². The second-order valence-electron chi connectivity index (χ2n) is 3.39. The van der Waals surface area contributed by atoms with Crippen LogP contribution in [0.15, 0.2) is 24.5 Å². The van der Waals surface area contributed by atoms with Gasteiger partial charge in [0.25, 0.3) is 0 Å². The molecule has 4 heteroatoms. The van der Waals surface area contributed by atoms with Crippen molar-refractivity contribution < 1.29 is 9.90 Å². The number of carbonyl (C=O) groups excluding carboxylic acids is 1. The lowest BCUT2D eigenvalue weighted by Crippen LogP contribution is -2.37. The second kappa shape index (κ2) is 6.14. The number of nitrogens with zero attached hydrogens (tertiary/aromatic N) is 1. The summed E-state index contributed by atoms with van der Waals surface area (Å²) in [5, 5.41) is 11.7. The van der Waals surface area contributed by atoms with Gasteiger partial charge in [0.2, 0.25) is 5.91 Å². The molecule has 0 fully saturated rings. The molecule has 0 unspecified atom stereocenters. The normalized spacial score (nSPS) is 12.1. The molecule has 0 aliphatic carbocycles. The number of aliphatic hydroxyl groups excluding tert-OH is 1. The molecular weight excluding hydrogens is 192 g/mol. The molecule has 82 valence electrons. The Morgan fingerprint density at radius 3 is 2.73 bits per heavy atom. The average Bonchev–Trinajstić information content (AvgIpc) is 2.27. The topological polar surface area (TPSA) is 62.2 Å². The molecule has 0 aliphatic heterocycles. The third-order valence-corrected chi connectivity index (χ3v) is 2.19. The summed E-state index contributed by atoms with van der Waals surface area (Å²) in [7, 11) is 0. The van der Waals surface area contributed by atoms with Crippen LogP contribution < -0.4 is 5.32 Å². The molecule has 0 bridgehead atoms. The fourth-order valence-electron chi connectivity index (χ4n) is 1.24. The summed E-state index contributed by atoms with van der Waals surface area (Å²) in [6.07, 6.45) is 4.38. The third kappa shape index (κ3) is 4.08. The Morgan fingerprint density at radius 2 is 2.20 bits per heavy atom. The zero-order valence-electron chi connectivity index (χ0n) is 8.81. The first-order valence-electron chi connectivity index (χ1n) is 5.05. The van der Waals surface area contributed by atoms with E-state index in [0.717, 1.165) is 12.0 Å². The predicted octanol–water partition coefficient (Wildman–Crippen LogP) is 0.511. The van der Waals surface area contributed by atoms with Crippen LogP contribution in [0.25, 0.3) is 0 Å². The van der Waals surface area contributed by atoms with Gasteiger partial charge in [0, 0.05) is 12.4 Å². The first kappa shape index (κ1) is 11.7. The highest BCUT2D eigenvalue weighted by molar-refractivity contribution is 5.78. The van der Waals surface area contributed by atoms with E-state index in [1.807, 2.05) is 6.92 Å². The number of aliphatic hydroxyl groups is 1. The second-order valence-corrected chi connectivity index (χ2v) is 3.39. The molecule has 0 saturated heterocycles. The molecule has 1 rings (SSSR count). The van der Waals surface area contributed by atoms with Crippen molar-refractivity contribution >= 4 is 5.91 Å². The van der Waals surface area contributed by atoms with Gasteiger partial charge in [0.1, 0.15) is 0 Å². The lowest BCUT2D eigenvalue weighted by Gasteiger charge is -2.13. The summed E-state index contributed by atoms with van der Waals surface area (Å²) < 4.78 is 0. The minimum Gasteiger partial charge on any atom is -0.394 e. The first-order chi connectivity index (χ1) is 7.26. The fraction of sp³-hybridized carbons (Fsp3) is 0.455. The molecule has 4 nitrogen and oxygen atoms in total. The fourth-order valence-corrected chi connectivity index (χ4v) is 1.24. The van der Waals surface area contributed by atoms with Crippen LogP contribution in [0.5, 0.6) is 0 Å². The lowest BCUT2D eigenvalue weighted by molar-refractivity contribution is -0.121. The van der Waals surface area contributed by atoms with Gasteiger partial charge in [-0.15, -0.1) is 0 Å². The van der Waals surface area contributed by atoms with Gasteiger partial charge in [-0.25, -0.2) is 0 Å². The van der Waals surface area contributed by atoms with Crippen LogP contribution in [-0.2, 0) is 11.2 Å². The minimum atomic E-state index is -0.140. The Hall–Kier alpha value is -1.42. The number of amides is 1. The largest absolute Gasteiger partial charge is 0.394 e. The van der Waals surface area contributed by atoms with Gasteiger partial charge in [-0.3, -0.25) is 9.78 Å². The summed E-state index contributed by atoms with van der Waals surface area (Å²) in [6.45, 7) is 1.91. The zero-order chi connectivity index (χ0) is 11.1. The first-order valence-corrected chi connectivity index (χ1v) is 5.05. The number of hydrogen-bond acceptors (Lipinski definition) is 3. The van der Waals surface area contributed by atoms with Crippen molar-refractivity contribution in [1.29, 1.82) is 0 Å². The average molecular weight is 208 g/mol. The van der Waals surface area contributed by atoms with Crippen molar-refractivity contribution in [3.63, 3.8) is 0 Å². The van der Waals surface area contributed by atoms with E-state index in [0.29, 0.717) is 6.42 Å². The van der Waals surface area contributed by atoms with Gasteiger partial charge in [0.05, 0.1) is 19.1 Å². The number of aromatic nitrogens is 1. The molecule has 15 heavy (non-hydrogen) atoms. The Labute approximate surface area is 89.3 Å². The summed E-state index contributed by atoms with van der Waals surface area (Å²) in [5.74, 6) is -0.0675. The van der Waals surface area contributed by atoms with Crippen molar-refractivity contribution in [2.24, 2.45) is 0 Å². The molecule has 1 amide bonds. The molecule has 0 spiro atoms. The van der Waals surface area contributed by atoms with Crippen LogP contribution in [0.3, 0.4) is 0 Å². The number of nitrogens with one attached hydrogen (secondary N) is 1. The molecular formula is C11H16N2O2. The molecule has 1 atom stereocenters. The molecule has 0 saturated carbocycles. The maximum absolute atomic E-state index is 11.5. The Kier molecular flexibility index (Phi) is 4.77. The van der Waals surface area contributed by atoms with Crippen molar-refractivity contribution in [1.82, 2.24) is 10.3 Å². The van der Waals surface area contributed by atoms with Gasteiger partial charge < -0.3 is 10.4 Å². The minimum absolute atomic E-state index is 0.0153. The maximum atomic E-state index is 11.5. The van der Waals surface area contributed by atoms with Crippen LogP contribution in [-0.4, -0.2) is 28.6 Å². The van der Waals surface area contributed by atoms with Crippen LogP contribution in [0.2, 0.25) is 0 Å². The predicted molar refractivity (Wildman–Crippen MR) is 57.2 cm³/mol. The Morgan fingerprint density at radius 1 is 1.53 bits per heavy atom. The Balaban J connectivity index is 2.43. The smallest absolute Gasteiger partial charge is 0.224 e. The summed E-state index contributed by atoms with van der Waals surface area (Å²) in [5.41, 5.74) is 0.926. The SMILES string of the molecule is CC[C@H](CO)NC(=O)Cc1ccncc1. The van der Waals surface area contributed by atoms with E-state index in [1.54, 1.807) is 24.5 Å². The molecule has 1 aromatic heterocycles. The van der Waals surface area contributed by atoms with E-state index in [2.05, 4.69) is 10.3 Å². The number of pyridine rings is 1. The molecule has 0 aliphatic rings. The van der Waals surface area contributed by atoms with Gasteiger partial charge >= 0.3 is 0 Å². The number of hydrogen-bond donors (Lipinski definition) is 2. The highest BCUT2D eigenvalue weighted by Crippen LogP contribution is 1.98. The van der Waals surface area contributed by atoms with Crippen molar-refractivity contribution in [2.75, 3.05) is 6.61 Å². The van der Waals surface area contributed by atoms with Crippen LogP contribution in [0, 0.1) is 0 Å². The van der Waals surface area contributed by atoms with E-state index in [-0.39, 0.29) is 18.6 Å². The maximum Gasteiger partial charge on any atom is 0.224 e. The standard InChI is InChI=1S/C11H16N2O2/c1-2-10(8-14)13-11(15)7-9-3-5-12-6-4-9/h3-6,10,14H,2,7-8H2,1H3,(H,13,15)/t10-/m1/s1. The quantitative estimate of drug-likeness (QED) is 0.741. The van der Waals surface area contributed by atoms with Crippen LogP contribution in [0.4, 0.5) is 0 Å². The molecule has 2 N–H and O–H groups in total. The molecule has 1 heterocycles. The van der Waals surface area contributed by atoms with Gasteiger partial charge in [-0.1, -0.05) is 6.92 Å². The van der Waals surface area contributed by atoms with Crippen LogP contribution >= 0.6 is 0 Å². The van der Waals surface area contributed by atoms with Crippen molar-refractivity contribution in [3.8, 4) is 0 Å². The van der Waals surface area contributed by atoms with Crippen LogP contribution in [0.1, 0.15) is 18.9 Å². The molecule has 0 aromatic carbocycles. The van der Waals surface area contributed by atoms with E-state index < -0.39 is 0 Å². The summed E-state index contributed by atoms with van der Waals surface area (Å²) >= 11 is 0. The zero-order valence-corrected chi connectivity index (χ0v) is 8.81. The number of carbonyl (C=O) groups is 1.